The summed E-state index contributed by atoms with van der Waals surface area (Å²) >= 11 is 0.665. The van der Waals surface area contributed by atoms with Crippen LogP contribution in [0, 0.1) is 41.1 Å². The average Bonchev–Trinajstić information content (AvgIpc) is 3.03. The second kappa shape index (κ2) is 16.6. The lowest BCUT2D eigenvalue weighted by Crippen LogP contribution is -2.22. The Balaban J connectivity index is 1.51. The minimum absolute atomic E-state index is 0.0913. The van der Waals surface area contributed by atoms with Crippen molar-refractivity contribution in [2.45, 2.75) is 109 Å². The van der Waals surface area contributed by atoms with E-state index in [0.717, 1.165) is 56.1 Å². The molecule has 2 aromatic carbocycles. The standard InChI is InChI=1S/C37H46F6O2S/c1-4-6-7-24(5-2)22-45-32(44)20-21-46-36-30(18-19-31(35(36)40)37(41,42)43)29-17-16-28(33(38)34(29)39)27-14-12-26(13-15-27)25-10-8-23(3)9-11-25/h14,16-19,23-26H,4-13,15,20-22H2,1-3H3. The van der Waals surface area contributed by atoms with Crippen molar-refractivity contribution < 1.29 is 35.9 Å². The fourth-order valence-electron chi connectivity index (χ4n) is 6.84. The molecule has 0 N–H and O–H groups in total. The number of thioether (sulfide) groups is 1. The molecule has 2 nitrogen and oxygen atoms in total. The number of unbranched alkanes of at least 4 members (excludes halogenated alkanes) is 1. The van der Waals surface area contributed by atoms with E-state index in [9.17, 15) is 18.0 Å². The van der Waals surface area contributed by atoms with Crippen molar-refractivity contribution in [2.75, 3.05) is 12.4 Å². The molecule has 0 heterocycles. The summed E-state index contributed by atoms with van der Waals surface area (Å²) < 4.78 is 92.8. The first kappa shape index (κ1) is 36.4. The van der Waals surface area contributed by atoms with Gasteiger partial charge in [-0.05, 0) is 73.8 Å². The van der Waals surface area contributed by atoms with E-state index in [1.54, 1.807) is 0 Å². The quantitative estimate of drug-likeness (QED) is 0.121. The SMILES string of the molecule is CCCCC(CC)COC(=O)CCSc1c(-c2ccc(C3=CCC(C4CCC(C)CC4)CC3)c(F)c2F)ccc(C(F)(F)F)c1F. The molecule has 0 aliphatic heterocycles. The van der Waals surface area contributed by atoms with Crippen molar-refractivity contribution in [1.82, 2.24) is 0 Å². The predicted molar refractivity (Wildman–Crippen MR) is 173 cm³/mol. The van der Waals surface area contributed by atoms with E-state index in [0.29, 0.717) is 36.1 Å². The highest BCUT2D eigenvalue weighted by Crippen LogP contribution is 2.44. The maximum atomic E-state index is 15.7. The Morgan fingerprint density at radius 3 is 2.22 bits per heavy atom. The average molecular weight is 669 g/mol. The largest absolute Gasteiger partial charge is 0.465 e. The van der Waals surface area contributed by atoms with Crippen LogP contribution in [0.4, 0.5) is 26.3 Å². The van der Waals surface area contributed by atoms with Gasteiger partial charge in [0.25, 0.3) is 0 Å². The van der Waals surface area contributed by atoms with Gasteiger partial charge >= 0.3 is 12.1 Å². The minimum atomic E-state index is -4.99. The summed E-state index contributed by atoms with van der Waals surface area (Å²) in [5.41, 5.74) is -1.18. The third-order valence-corrected chi connectivity index (χ3v) is 11.0. The number of rotatable bonds is 13. The summed E-state index contributed by atoms with van der Waals surface area (Å²) in [4.78, 5) is 11.9. The number of benzene rings is 2. The molecular formula is C37H46F6O2S. The predicted octanol–water partition coefficient (Wildman–Crippen LogP) is 12.0. The number of esters is 1. The van der Waals surface area contributed by atoms with Gasteiger partial charge in [-0.1, -0.05) is 77.2 Å². The smallest absolute Gasteiger partial charge is 0.419 e. The molecule has 2 aliphatic carbocycles. The first-order chi connectivity index (χ1) is 21.9. The van der Waals surface area contributed by atoms with Crippen LogP contribution in [0.2, 0.25) is 0 Å². The summed E-state index contributed by atoms with van der Waals surface area (Å²) in [6, 6.07) is 4.27. The summed E-state index contributed by atoms with van der Waals surface area (Å²) in [5.74, 6) is -2.37. The van der Waals surface area contributed by atoms with Crippen LogP contribution in [0.15, 0.2) is 35.2 Å². The molecule has 0 amide bonds. The molecule has 254 valence electrons. The lowest BCUT2D eigenvalue weighted by molar-refractivity contribution is -0.144. The monoisotopic (exact) mass is 668 g/mol. The molecule has 4 rings (SSSR count). The number of allylic oxidation sites excluding steroid dienone is 2. The van der Waals surface area contributed by atoms with E-state index in [2.05, 4.69) is 13.8 Å². The molecule has 0 saturated heterocycles. The van der Waals surface area contributed by atoms with Crippen LogP contribution in [0.5, 0.6) is 0 Å². The normalized spacial score (nSPS) is 21.2. The van der Waals surface area contributed by atoms with E-state index in [4.69, 9.17) is 4.74 Å². The second-order valence-electron chi connectivity index (χ2n) is 13.1. The van der Waals surface area contributed by atoms with Crippen molar-refractivity contribution in [1.29, 1.82) is 0 Å². The zero-order valence-corrected chi connectivity index (χ0v) is 27.9. The van der Waals surface area contributed by atoms with Gasteiger partial charge in [-0.3, -0.25) is 4.79 Å². The van der Waals surface area contributed by atoms with Crippen molar-refractivity contribution in [3.05, 3.63) is 58.9 Å². The van der Waals surface area contributed by atoms with Crippen molar-refractivity contribution in [2.24, 2.45) is 23.7 Å². The van der Waals surface area contributed by atoms with Crippen LogP contribution in [-0.4, -0.2) is 18.3 Å². The fraction of sp³-hybridized carbons (Fsp3) is 0.595. The summed E-state index contributed by atoms with van der Waals surface area (Å²) in [5, 5.41) is 0. The van der Waals surface area contributed by atoms with Crippen molar-refractivity contribution in [3.8, 4) is 11.1 Å². The van der Waals surface area contributed by atoms with Crippen molar-refractivity contribution in [3.63, 3.8) is 0 Å². The maximum Gasteiger partial charge on any atom is 0.419 e. The molecule has 2 aromatic rings. The highest BCUT2D eigenvalue weighted by Gasteiger charge is 2.36. The molecule has 2 unspecified atom stereocenters. The van der Waals surface area contributed by atoms with Crippen LogP contribution in [-0.2, 0) is 15.7 Å². The Morgan fingerprint density at radius 2 is 1.59 bits per heavy atom. The van der Waals surface area contributed by atoms with Gasteiger partial charge < -0.3 is 4.74 Å². The van der Waals surface area contributed by atoms with Gasteiger partial charge in [0.2, 0.25) is 0 Å². The Morgan fingerprint density at radius 1 is 0.913 bits per heavy atom. The minimum Gasteiger partial charge on any atom is -0.465 e. The Labute approximate surface area is 273 Å². The van der Waals surface area contributed by atoms with Gasteiger partial charge in [-0.15, -0.1) is 11.8 Å². The molecule has 1 saturated carbocycles. The van der Waals surface area contributed by atoms with Gasteiger partial charge in [-0.2, -0.15) is 13.2 Å². The summed E-state index contributed by atoms with van der Waals surface area (Å²) in [6.45, 7) is 6.62. The van der Waals surface area contributed by atoms with E-state index in [-0.39, 0.29) is 41.4 Å². The van der Waals surface area contributed by atoms with E-state index < -0.39 is 40.1 Å². The number of ether oxygens (including phenoxy) is 1. The number of carbonyl (C=O) groups excluding carboxylic acids is 1. The molecule has 0 aromatic heterocycles. The second-order valence-corrected chi connectivity index (χ2v) is 14.2. The third-order valence-electron chi connectivity index (χ3n) is 9.88. The van der Waals surface area contributed by atoms with Crippen LogP contribution in [0.1, 0.15) is 109 Å². The summed E-state index contributed by atoms with van der Waals surface area (Å²) in [7, 11) is 0. The van der Waals surface area contributed by atoms with Gasteiger partial charge in [0.05, 0.1) is 23.5 Å². The molecule has 46 heavy (non-hydrogen) atoms. The highest BCUT2D eigenvalue weighted by molar-refractivity contribution is 7.99. The first-order valence-electron chi connectivity index (χ1n) is 16.8. The number of carbonyl (C=O) groups is 1. The zero-order valence-electron chi connectivity index (χ0n) is 27.1. The number of hydrogen-bond donors (Lipinski definition) is 0. The van der Waals surface area contributed by atoms with Crippen LogP contribution in [0.25, 0.3) is 16.7 Å². The van der Waals surface area contributed by atoms with Gasteiger partial charge in [0.15, 0.2) is 11.6 Å². The molecular weight excluding hydrogens is 622 g/mol. The zero-order chi connectivity index (χ0) is 33.4. The Hall–Kier alpha value is -2.42. The summed E-state index contributed by atoms with van der Waals surface area (Å²) in [6.07, 6.45) is 7.84. The first-order valence-corrected chi connectivity index (χ1v) is 17.8. The van der Waals surface area contributed by atoms with Crippen molar-refractivity contribution >= 4 is 23.3 Å². The number of alkyl halides is 3. The lowest BCUT2D eigenvalue weighted by Gasteiger charge is -2.34. The van der Waals surface area contributed by atoms with Crippen LogP contribution < -0.4 is 0 Å². The van der Waals surface area contributed by atoms with E-state index >= 15 is 13.2 Å². The van der Waals surface area contributed by atoms with Crippen LogP contribution >= 0.6 is 11.8 Å². The fourth-order valence-corrected chi connectivity index (χ4v) is 7.88. The molecule has 0 spiro atoms. The van der Waals surface area contributed by atoms with Gasteiger partial charge in [0.1, 0.15) is 5.82 Å². The van der Waals surface area contributed by atoms with E-state index in [1.165, 1.54) is 37.8 Å². The Bertz CT molecular complexity index is 1360. The molecule has 9 heteroatoms. The van der Waals surface area contributed by atoms with Crippen LogP contribution in [0.3, 0.4) is 0 Å². The molecule has 0 radical (unpaired) electrons. The van der Waals surface area contributed by atoms with Gasteiger partial charge in [-0.25, -0.2) is 13.2 Å². The topological polar surface area (TPSA) is 26.3 Å². The molecule has 2 aliphatic rings. The lowest BCUT2D eigenvalue weighted by atomic mass is 9.71. The van der Waals surface area contributed by atoms with Gasteiger partial charge in [0, 0.05) is 22.4 Å². The number of hydrogen-bond acceptors (Lipinski definition) is 3. The maximum absolute atomic E-state index is 15.7. The molecule has 2 atom stereocenters. The highest BCUT2D eigenvalue weighted by atomic mass is 32.2. The Kier molecular flexibility index (Phi) is 13.1. The molecule has 0 bridgehead atoms. The molecule has 1 fully saturated rings. The van der Waals surface area contributed by atoms with E-state index in [1.807, 2.05) is 13.0 Å². The number of halogens is 6. The third kappa shape index (κ3) is 9.13.